The fourth-order valence-electron chi connectivity index (χ4n) is 1.84. The van der Waals surface area contributed by atoms with E-state index in [0.29, 0.717) is 28.3 Å². The van der Waals surface area contributed by atoms with Crippen molar-refractivity contribution in [2.45, 2.75) is 38.6 Å². The largest absolute Gasteiger partial charge is 0.357 e. The molecule has 104 valence electrons. The first-order valence-corrected chi connectivity index (χ1v) is 7.84. The van der Waals surface area contributed by atoms with E-state index in [1.165, 1.54) is 0 Å². The Kier molecular flexibility index (Phi) is 7.30. The van der Waals surface area contributed by atoms with Gasteiger partial charge in [0.15, 0.2) is 0 Å². The lowest BCUT2D eigenvalue weighted by Crippen LogP contribution is -2.32. The maximum atomic E-state index is 11.4. The Labute approximate surface area is 112 Å². The maximum absolute atomic E-state index is 11.4. The van der Waals surface area contributed by atoms with Crippen LogP contribution in [0.25, 0.3) is 0 Å². The number of nitrogens with zero attached hydrogens (tertiary/aromatic N) is 1. The lowest BCUT2D eigenvalue weighted by Gasteiger charge is -2.21. The third-order valence-electron chi connectivity index (χ3n) is 2.83. The summed E-state index contributed by atoms with van der Waals surface area (Å²) in [5, 5.41) is 2.81. The fourth-order valence-corrected chi connectivity index (χ4v) is 3.12. The molecule has 1 atom stereocenters. The van der Waals surface area contributed by atoms with Gasteiger partial charge in [-0.05, 0) is 25.8 Å². The summed E-state index contributed by atoms with van der Waals surface area (Å²) in [5.74, 6) is -0.0811. The van der Waals surface area contributed by atoms with E-state index in [1.807, 2.05) is 18.7 Å². The molecular weight excluding hydrogens is 248 g/mol. The standard InChI is InChI=1S/C12H24N2O3Si/c1-4-16-12(17-5-2)18-10(3)6-8-14-9-7-13-11(14)15/h10,12H,4-9H2,1-3H3,(H,13,15). The number of carbonyl (C=O) groups is 1. The van der Waals surface area contributed by atoms with Gasteiger partial charge in [-0.3, -0.25) is 0 Å². The Hall–Kier alpha value is -0.593. The van der Waals surface area contributed by atoms with Gasteiger partial charge in [-0.1, -0.05) is 6.92 Å². The van der Waals surface area contributed by atoms with Crippen molar-refractivity contribution in [1.29, 1.82) is 0 Å². The Bertz CT molecular complexity index is 247. The molecule has 5 nitrogen and oxygen atoms in total. The van der Waals surface area contributed by atoms with E-state index < -0.39 is 0 Å². The first kappa shape index (κ1) is 15.5. The summed E-state index contributed by atoms with van der Waals surface area (Å²) >= 11 is 0. The van der Waals surface area contributed by atoms with Crippen molar-refractivity contribution in [2.75, 3.05) is 32.8 Å². The van der Waals surface area contributed by atoms with Crippen LogP contribution in [-0.4, -0.2) is 59.2 Å². The Morgan fingerprint density at radius 3 is 2.56 bits per heavy atom. The van der Waals surface area contributed by atoms with E-state index >= 15 is 0 Å². The summed E-state index contributed by atoms with van der Waals surface area (Å²) < 4.78 is 11.1. The zero-order valence-corrected chi connectivity index (χ0v) is 12.6. The molecular formula is C12H24N2O3Si. The first-order chi connectivity index (χ1) is 8.67. The molecule has 0 aromatic rings. The van der Waals surface area contributed by atoms with Crippen LogP contribution in [0.4, 0.5) is 4.79 Å². The average molecular weight is 272 g/mol. The van der Waals surface area contributed by atoms with Crippen molar-refractivity contribution >= 4 is 15.6 Å². The van der Waals surface area contributed by atoms with Crippen LogP contribution in [0.5, 0.6) is 0 Å². The Morgan fingerprint density at radius 2 is 2.06 bits per heavy atom. The van der Waals surface area contributed by atoms with Crippen molar-refractivity contribution in [3.05, 3.63) is 0 Å². The molecule has 18 heavy (non-hydrogen) atoms. The van der Waals surface area contributed by atoms with Gasteiger partial charge in [-0.2, -0.15) is 0 Å². The molecule has 1 unspecified atom stereocenters. The lowest BCUT2D eigenvalue weighted by atomic mass is 10.3. The molecule has 6 heteroatoms. The highest BCUT2D eigenvalue weighted by atomic mass is 28.2. The summed E-state index contributed by atoms with van der Waals surface area (Å²) in [4.78, 5) is 13.3. The molecule has 0 spiro atoms. The van der Waals surface area contributed by atoms with E-state index in [1.54, 1.807) is 0 Å². The summed E-state index contributed by atoms with van der Waals surface area (Å²) in [6.07, 6.45) is 1.00. The van der Waals surface area contributed by atoms with E-state index in [2.05, 4.69) is 12.2 Å². The quantitative estimate of drug-likeness (QED) is 0.508. The number of urea groups is 1. The molecule has 1 aliphatic heterocycles. The molecule has 2 radical (unpaired) electrons. The average Bonchev–Trinajstić information content (AvgIpc) is 2.73. The monoisotopic (exact) mass is 272 g/mol. The third kappa shape index (κ3) is 5.37. The van der Waals surface area contributed by atoms with E-state index in [4.69, 9.17) is 9.47 Å². The molecule has 1 saturated heterocycles. The number of carbonyl (C=O) groups excluding carboxylic acids is 1. The highest BCUT2D eigenvalue weighted by molar-refractivity contribution is 6.38. The Morgan fingerprint density at radius 1 is 1.39 bits per heavy atom. The number of amides is 2. The molecule has 0 saturated carbocycles. The maximum Gasteiger partial charge on any atom is 0.317 e. The normalized spacial score (nSPS) is 17.3. The van der Waals surface area contributed by atoms with Crippen molar-refractivity contribution in [3.8, 4) is 0 Å². The van der Waals surface area contributed by atoms with Gasteiger partial charge in [-0.25, -0.2) is 4.79 Å². The molecule has 1 heterocycles. The fraction of sp³-hybridized carbons (Fsp3) is 0.917. The second-order valence-corrected chi connectivity index (χ2v) is 6.11. The minimum absolute atomic E-state index is 0.0664. The molecule has 1 rings (SSSR count). The first-order valence-electron chi connectivity index (χ1n) is 6.69. The molecule has 1 fully saturated rings. The highest BCUT2D eigenvalue weighted by Gasteiger charge is 2.21. The number of nitrogens with one attached hydrogen (secondary N) is 1. The molecule has 2 amide bonds. The van der Waals surface area contributed by atoms with Gasteiger partial charge in [0.2, 0.25) is 0 Å². The molecule has 0 bridgehead atoms. The zero-order valence-electron chi connectivity index (χ0n) is 11.6. The van der Waals surface area contributed by atoms with Gasteiger partial charge in [0.05, 0.1) is 0 Å². The predicted octanol–water partition coefficient (Wildman–Crippen LogP) is 1.27. The van der Waals surface area contributed by atoms with Crippen LogP contribution in [-0.2, 0) is 9.47 Å². The minimum Gasteiger partial charge on any atom is -0.357 e. The van der Waals surface area contributed by atoms with Gasteiger partial charge in [0, 0.05) is 32.8 Å². The van der Waals surface area contributed by atoms with Crippen LogP contribution in [0.1, 0.15) is 27.2 Å². The number of ether oxygens (including phenoxy) is 2. The van der Waals surface area contributed by atoms with Crippen molar-refractivity contribution in [2.24, 2.45) is 0 Å². The minimum atomic E-state index is -0.0811. The smallest absolute Gasteiger partial charge is 0.317 e. The second kappa shape index (κ2) is 8.50. The molecule has 1 N–H and O–H groups in total. The summed E-state index contributed by atoms with van der Waals surface area (Å²) in [6.45, 7) is 9.94. The molecule has 0 aromatic carbocycles. The third-order valence-corrected chi connectivity index (χ3v) is 4.30. The highest BCUT2D eigenvalue weighted by Crippen LogP contribution is 2.13. The molecule has 0 aromatic heterocycles. The number of hydrogen-bond donors (Lipinski definition) is 1. The zero-order chi connectivity index (χ0) is 13.4. The second-order valence-electron chi connectivity index (χ2n) is 4.32. The van der Waals surface area contributed by atoms with Gasteiger partial charge >= 0.3 is 6.03 Å². The van der Waals surface area contributed by atoms with Crippen LogP contribution in [0.3, 0.4) is 0 Å². The molecule has 1 aliphatic rings. The van der Waals surface area contributed by atoms with Gasteiger partial charge < -0.3 is 19.7 Å². The van der Waals surface area contributed by atoms with Crippen LogP contribution >= 0.6 is 0 Å². The van der Waals surface area contributed by atoms with Crippen LogP contribution in [0.15, 0.2) is 0 Å². The number of hydrogen-bond acceptors (Lipinski definition) is 3. The van der Waals surface area contributed by atoms with Gasteiger partial charge in [0.25, 0.3) is 0 Å². The predicted molar refractivity (Wildman–Crippen MR) is 71.8 cm³/mol. The topological polar surface area (TPSA) is 50.8 Å². The van der Waals surface area contributed by atoms with Crippen LogP contribution < -0.4 is 5.32 Å². The van der Waals surface area contributed by atoms with Crippen LogP contribution in [0, 0.1) is 0 Å². The van der Waals surface area contributed by atoms with E-state index in [-0.39, 0.29) is 11.9 Å². The van der Waals surface area contributed by atoms with Crippen LogP contribution in [0.2, 0.25) is 5.54 Å². The van der Waals surface area contributed by atoms with E-state index in [9.17, 15) is 4.79 Å². The Balaban J connectivity index is 2.22. The SMILES string of the molecule is CCOC(OCC)[Si]C(C)CCN1CCNC1=O. The summed E-state index contributed by atoms with van der Waals surface area (Å²) in [7, 11) is 0.623. The molecule has 0 aliphatic carbocycles. The number of rotatable bonds is 9. The van der Waals surface area contributed by atoms with E-state index in [0.717, 1.165) is 26.1 Å². The van der Waals surface area contributed by atoms with Crippen molar-refractivity contribution < 1.29 is 14.3 Å². The van der Waals surface area contributed by atoms with Crippen molar-refractivity contribution in [3.63, 3.8) is 0 Å². The van der Waals surface area contributed by atoms with Gasteiger partial charge in [-0.15, -0.1) is 0 Å². The lowest BCUT2D eigenvalue weighted by molar-refractivity contribution is -0.0833. The summed E-state index contributed by atoms with van der Waals surface area (Å²) in [5.41, 5.74) is 0.515. The van der Waals surface area contributed by atoms with Crippen molar-refractivity contribution in [1.82, 2.24) is 10.2 Å². The van der Waals surface area contributed by atoms with Gasteiger partial charge in [0.1, 0.15) is 15.4 Å². The summed E-state index contributed by atoms with van der Waals surface area (Å²) in [6, 6.07) is 0.0664.